The summed E-state index contributed by atoms with van der Waals surface area (Å²) in [5.74, 6) is -0.0402. The lowest BCUT2D eigenvalue weighted by molar-refractivity contribution is 0.299. The van der Waals surface area contributed by atoms with Gasteiger partial charge in [0, 0.05) is 12.3 Å². The van der Waals surface area contributed by atoms with Crippen molar-refractivity contribution in [3.05, 3.63) is 63.8 Å². The smallest absolute Gasteiger partial charge is 0.223 e. The van der Waals surface area contributed by atoms with Crippen molar-refractivity contribution in [1.29, 1.82) is 0 Å². The first-order valence-corrected chi connectivity index (χ1v) is 5.22. The van der Waals surface area contributed by atoms with E-state index in [1.807, 2.05) is 0 Å². The molecular weight excluding hydrogens is 221 g/mol. The highest BCUT2D eigenvalue weighted by Gasteiger charge is 2.04. The number of aryl methyl sites for hydroxylation is 1. The molecular formula is C13H12FNO2. The van der Waals surface area contributed by atoms with Crippen LogP contribution in [-0.4, -0.2) is 4.98 Å². The van der Waals surface area contributed by atoms with Crippen molar-refractivity contribution in [1.82, 2.24) is 4.98 Å². The molecule has 17 heavy (non-hydrogen) atoms. The largest absolute Gasteiger partial charge is 0.483 e. The summed E-state index contributed by atoms with van der Waals surface area (Å²) in [4.78, 5) is 14.4. The van der Waals surface area contributed by atoms with Crippen LogP contribution in [0.4, 0.5) is 4.39 Å². The highest BCUT2D eigenvalue weighted by Crippen LogP contribution is 2.11. The van der Waals surface area contributed by atoms with E-state index in [0.29, 0.717) is 11.3 Å². The first-order chi connectivity index (χ1) is 8.16. The van der Waals surface area contributed by atoms with E-state index in [1.54, 1.807) is 25.3 Å². The summed E-state index contributed by atoms with van der Waals surface area (Å²) < 4.78 is 18.3. The molecule has 0 aliphatic heterocycles. The molecule has 0 saturated heterocycles. The fraction of sp³-hybridized carbons (Fsp3) is 0.154. The number of hydrogen-bond acceptors (Lipinski definition) is 2. The Labute approximate surface area is 97.9 Å². The number of nitrogens with one attached hydrogen (secondary N) is 1. The van der Waals surface area contributed by atoms with Gasteiger partial charge >= 0.3 is 0 Å². The van der Waals surface area contributed by atoms with E-state index < -0.39 is 0 Å². The Morgan fingerprint density at radius 1 is 1.35 bits per heavy atom. The maximum absolute atomic E-state index is 12.9. The average molecular weight is 233 g/mol. The maximum Gasteiger partial charge on any atom is 0.223 e. The minimum absolute atomic E-state index is 0.172. The average Bonchev–Trinajstić information content (AvgIpc) is 2.28. The number of rotatable bonds is 3. The van der Waals surface area contributed by atoms with Crippen LogP contribution in [0.3, 0.4) is 0 Å². The summed E-state index contributed by atoms with van der Waals surface area (Å²) in [5, 5.41) is 0. The molecule has 88 valence electrons. The second kappa shape index (κ2) is 4.82. The monoisotopic (exact) mass is 233 g/mol. The molecule has 0 radical (unpaired) electrons. The lowest BCUT2D eigenvalue weighted by Gasteiger charge is -2.07. The third kappa shape index (κ3) is 2.72. The van der Waals surface area contributed by atoms with Crippen LogP contribution < -0.4 is 10.2 Å². The zero-order valence-electron chi connectivity index (χ0n) is 9.37. The molecule has 1 heterocycles. The van der Waals surface area contributed by atoms with E-state index in [9.17, 15) is 9.18 Å². The Bertz CT molecular complexity index is 578. The normalized spacial score (nSPS) is 10.2. The summed E-state index contributed by atoms with van der Waals surface area (Å²) in [6, 6.07) is 7.50. The van der Waals surface area contributed by atoms with E-state index in [0.717, 1.165) is 0 Å². The van der Waals surface area contributed by atoms with Gasteiger partial charge in [-0.1, -0.05) is 12.1 Å². The third-order valence-electron chi connectivity index (χ3n) is 2.37. The standard InChI is InChI=1S/C13H12FNO2/c1-9-13(12(16)5-6-15-9)17-8-10-3-2-4-11(14)7-10/h2-7H,8H2,1H3,(H,15,16). The molecule has 0 aliphatic carbocycles. The fourth-order valence-electron chi connectivity index (χ4n) is 1.53. The van der Waals surface area contributed by atoms with Gasteiger partial charge in [0.05, 0.1) is 5.69 Å². The van der Waals surface area contributed by atoms with Crippen LogP contribution in [0.1, 0.15) is 11.3 Å². The third-order valence-corrected chi connectivity index (χ3v) is 2.37. The predicted octanol–water partition coefficient (Wildman–Crippen LogP) is 2.40. The summed E-state index contributed by atoms with van der Waals surface area (Å²) in [7, 11) is 0. The fourth-order valence-corrected chi connectivity index (χ4v) is 1.53. The van der Waals surface area contributed by atoms with Crippen LogP contribution in [0.5, 0.6) is 5.75 Å². The Morgan fingerprint density at radius 3 is 2.88 bits per heavy atom. The van der Waals surface area contributed by atoms with Crippen LogP contribution in [0.15, 0.2) is 41.3 Å². The predicted molar refractivity (Wildman–Crippen MR) is 62.5 cm³/mol. The Balaban J connectivity index is 2.15. The number of benzene rings is 1. The molecule has 0 bridgehead atoms. The van der Waals surface area contributed by atoms with Gasteiger partial charge in [0.1, 0.15) is 12.4 Å². The molecule has 2 rings (SSSR count). The second-order valence-electron chi connectivity index (χ2n) is 3.71. The minimum atomic E-state index is -0.315. The Hall–Kier alpha value is -2.10. The zero-order chi connectivity index (χ0) is 12.3. The molecule has 0 atom stereocenters. The number of halogens is 1. The molecule has 1 N–H and O–H groups in total. The van der Waals surface area contributed by atoms with Gasteiger partial charge in [0.2, 0.25) is 5.43 Å². The van der Waals surface area contributed by atoms with E-state index in [2.05, 4.69) is 4.98 Å². The van der Waals surface area contributed by atoms with Gasteiger partial charge in [0.15, 0.2) is 5.75 Å². The maximum atomic E-state index is 12.9. The van der Waals surface area contributed by atoms with Gasteiger partial charge in [0.25, 0.3) is 0 Å². The molecule has 1 aromatic carbocycles. The molecule has 0 unspecified atom stereocenters. The Kier molecular flexibility index (Phi) is 3.23. The highest BCUT2D eigenvalue weighted by molar-refractivity contribution is 5.26. The summed E-state index contributed by atoms with van der Waals surface area (Å²) in [5.41, 5.74) is 1.17. The molecule has 0 spiro atoms. The van der Waals surface area contributed by atoms with Crippen LogP contribution in [-0.2, 0) is 6.61 Å². The molecule has 0 fully saturated rings. The first kappa shape index (κ1) is 11.4. The number of H-pyrrole nitrogens is 1. The number of aromatic amines is 1. The molecule has 0 amide bonds. The lowest BCUT2D eigenvalue weighted by Crippen LogP contribution is -2.09. The van der Waals surface area contributed by atoms with Crippen molar-refractivity contribution in [2.24, 2.45) is 0 Å². The number of aromatic nitrogens is 1. The van der Waals surface area contributed by atoms with Crippen molar-refractivity contribution in [3.8, 4) is 5.75 Å². The summed E-state index contributed by atoms with van der Waals surface area (Å²) in [6.45, 7) is 1.92. The van der Waals surface area contributed by atoms with Crippen molar-refractivity contribution in [2.45, 2.75) is 13.5 Å². The molecule has 1 aromatic heterocycles. The number of ether oxygens (including phenoxy) is 1. The van der Waals surface area contributed by atoms with Gasteiger partial charge in [-0.15, -0.1) is 0 Å². The van der Waals surface area contributed by atoms with Gasteiger partial charge in [-0.2, -0.15) is 0 Å². The van der Waals surface area contributed by atoms with Crippen molar-refractivity contribution < 1.29 is 9.13 Å². The molecule has 4 heteroatoms. The van der Waals surface area contributed by atoms with Crippen LogP contribution in [0.2, 0.25) is 0 Å². The quantitative estimate of drug-likeness (QED) is 0.884. The highest BCUT2D eigenvalue weighted by atomic mass is 19.1. The lowest BCUT2D eigenvalue weighted by atomic mass is 10.2. The van der Waals surface area contributed by atoms with Gasteiger partial charge in [-0.25, -0.2) is 4.39 Å². The van der Waals surface area contributed by atoms with Crippen LogP contribution >= 0.6 is 0 Å². The van der Waals surface area contributed by atoms with Crippen molar-refractivity contribution in [3.63, 3.8) is 0 Å². The topological polar surface area (TPSA) is 42.1 Å². The molecule has 3 nitrogen and oxygen atoms in total. The van der Waals surface area contributed by atoms with Gasteiger partial charge in [-0.05, 0) is 24.6 Å². The van der Waals surface area contributed by atoms with Crippen molar-refractivity contribution in [2.75, 3.05) is 0 Å². The Morgan fingerprint density at radius 2 is 2.18 bits per heavy atom. The first-order valence-electron chi connectivity index (χ1n) is 5.22. The zero-order valence-corrected chi connectivity index (χ0v) is 9.37. The molecule has 0 saturated carbocycles. The number of hydrogen-bond donors (Lipinski definition) is 1. The van der Waals surface area contributed by atoms with Crippen LogP contribution in [0, 0.1) is 12.7 Å². The summed E-state index contributed by atoms with van der Waals surface area (Å²) in [6.07, 6.45) is 1.56. The number of pyridine rings is 1. The van der Waals surface area contributed by atoms with Gasteiger partial charge < -0.3 is 9.72 Å². The molecule has 2 aromatic rings. The van der Waals surface area contributed by atoms with Crippen molar-refractivity contribution >= 4 is 0 Å². The SMILES string of the molecule is Cc1[nH]ccc(=O)c1OCc1cccc(F)c1. The minimum Gasteiger partial charge on any atom is -0.483 e. The van der Waals surface area contributed by atoms with Crippen LogP contribution in [0.25, 0.3) is 0 Å². The van der Waals surface area contributed by atoms with E-state index in [-0.39, 0.29) is 23.6 Å². The summed E-state index contributed by atoms with van der Waals surface area (Å²) >= 11 is 0. The van der Waals surface area contributed by atoms with E-state index in [1.165, 1.54) is 18.2 Å². The molecule has 0 aliphatic rings. The second-order valence-corrected chi connectivity index (χ2v) is 3.71. The van der Waals surface area contributed by atoms with E-state index >= 15 is 0 Å². The van der Waals surface area contributed by atoms with Gasteiger partial charge in [-0.3, -0.25) is 4.79 Å². The van der Waals surface area contributed by atoms with E-state index in [4.69, 9.17) is 4.74 Å².